The molecule has 1 aliphatic carbocycles. The van der Waals surface area contributed by atoms with E-state index in [-0.39, 0.29) is 0 Å². The van der Waals surface area contributed by atoms with Crippen LogP contribution in [0, 0.1) is 0 Å². The van der Waals surface area contributed by atoms with Crippen molar-refractivity contribution < 1.29 is 4.42 Å². The van der Waals surface area contributed by atoms with Crippen molar-refractivity contribution in [3.8, 4) is 0 Å². The smallest absolute Gasteiger partial charge is 0.153 e. The summed E-state index contributed by atoms with van der Waals surface area (Å²) in [6.45, 7) is 5.05. The lowest BCUT2D eigenvalue weighted by Crippen LogP contribution is -2.22. The molecule has 1 saturated carbocycles. The second kappa shape index (κ2) is 5.12. The van der Waals surface area contributed by atoms with Crippen molar-refractivity contribution in [1.82, 2.24) is 5.32 Å². The number of benzene rings is 1. The number of furan rings is 1. The molecule has 4 heteroatoms. The summed E-state index contributed by atoms with van der Waals surface area (Å²) >= 11 is 9.81. The third-order valence-corrected chi connectivity index (χ3v) is 4.22. The highest BCUT2D eigenvalue weighted by Gasteiger charge is 2.31. The maximum atomic E-state index is 6.29. The maximum absolute atomic E-state index is 6.29. The van der Waals surface area contributed by atoms with E-state index < -0.39 is 0 Å². The van der Waals surface area contributed by atoms with Gasteiger partial charge in [0.25, 0.3) is 0 Å². The summed E-state index contributed by atoms with van der Waals surface area (Å²) in [5, 5.41) is 5.28. The van der Waals surface area contributed by atoms with E-state index in [1.807, 2.05) is 6.07 Å². The molecule has 0 spiro atoms. The molecule has 1 heterocycles. The topological polar surface area (TPSA) is 25.2 Å². The molecule has 0 aliphatic heterocycles. The monoisotopic (exact) mass is 341 g/mol. The number of hydrogen-bond acceptors (Lipinski definition) is 2. The minimum atomic E-state index is 0.447. The van der Waals surface area contributed by atoms with Crippen LogP contribution in [-0.2, 0) is 6.54 Å². The molecular formula is C15H17BrClNO. The Kier molecular flexibility index (Phi) is 3.63. The molecule has 0 unspecified atom stereocenters. The van der Waals surface area contributed by atoms with Crippen molar-refractivity contribution >= 4 is 38.5 Å². The van der Waals surface area contributed by atoms with Crippen LogP contribution in [-0.4, -0.2) is 6.04 Å². The zero-order valence-electron chi connectivity index (χ0n) is 11.1. The molecule has 0 bridgehead atoms. The van der Waals surface area contributed by atoms with Gasteiger partial charge in [0, 0.05) is 21.5 Å². The first-order chi connectivity index (χ1) is 9.06. The van der Waals surface area contributed by atoms with Crippen LogP contribution in [0.3, 0.4) is 0 Å². The Morgan fingerprint density at radius 1 is 1.42 bits per heavy atom. The summed E-state index contributed by atoms with van der Waals surface area (Å²) in [7, 11) is 0. The third-order valence-electron chi connectivity index (χ3n) is 3.48. The summed E-state index contributed by atoms with van der Waals surface area (Å²) in [6, 6.07) is 4.46. The molecule has 3 rings (SSSR count). The van der Waals surface area contributed by atoms with Gasteiger partial charge in [0.1, 0.15) is 5.76 Å². The van der Waals surface area contributed by atoms with Crippen molar-refractivity contribution in [2.75, 3.05) is 0 Å². The quantitative estimate of drug-likeness (QED) is 0.823. The Morgan fingerprint density at radius 2 is 2.16 bits per heavy atom. The summed E-state index contributed by atoms with van der Waals surface area (Å²) in [5.74, 6) is 1.70. The predicted octanol–water partition coefficient (Wildman–Crippen LogP) is 5.22. The minimum absolute atomic E-state index is 0.447. The summed E-state index contributed by atoms with van der Waals surface area (Å²) in [5.41, 5.74) is 2.18. The van der Waals surface area contributed by atoms with E-state index in [0.29, 0.717) is 17.0 Å². The molecule has 2 aromatic rings. The highest BCUT2D eigenvalue weighted by Crippen LogP contribution is 2.47. The third kappa shape index (κ3) is 2.69. The molecule has 1 aromatic heterocycles. The predicted molar refractivity (Wildman–Crippen MR) is 82.9 cm³/mol. The van der Waals surface area contributed by atoms with Gasteiger partial charge in [-0.2, -0.15) is 0 Å². The highest BCUT2D eigenvalue weighted by atomic mass is 79.9. The van der Waals surface area contributed by atoms with E-state index in [4.69, 9.17) is 16.0 Å². The van der Waals surface area contributed by atoms with E-state index in [1.165, 1.54) is 23.8 Å². The minimum Gasteiger partial charge on any atom is -0.458 e. The summed E-state index contributed by atoms with van der Waals surface area (Å²) in [4.78, 5) is 0. The van der Waals surface area contributed by atoms with Crippen molar-refractivity contribution in [3.05, 3.63) is 33.0 Å². The molecule has 0 amide bonds. The van der Waals surface area contributed by atoms with Crippen LogP contribution in [0.25, 0.3) is 11.0 Å². The lowest BCUT2D eigenvalue weighted by atomic mass is 10.1. The maximum Gasteiger partial charge on any atom is 0.153 e. The van der Waals surface area contributed by atoms with Crippen molar-refractivity contribution in [2.24, 2.45) is 0 Å². The molecule has 19 heavy (non-hydrogen) atoms. The fourth-order valence-corrected chi connectivity index (χ4v) is 3.29. The Hall–Kier alpha value is -0.510. The number of halogens is 2. The van der Waals surface area contributed by atoms with Crippen LogP contribution >= 0.6 is 27.5 Å². The van der Waals surface area contributed by atoms with E-state index in [0.717, 1.165) is 22.4 Å². The van der Waals surface area contributed by atoms with Gasteiger partial charge in [-0.25, -0.2) is 0 Å². The van der Waals surface area contributed by atoms with Gasteiger partial charge in [-0.3, -0.25) is 0 Å². The molecule has 102 valence electrons. The summed E-state index contributed by atoms with van der Waals surface area (Å²) in [6.07, 6.45) is 2.51. The molecule has 1 aliphatic rings. The number of rotatable bonds is 4. The van der Waals surface area contributed by atoms with Gasteiger partial charge in [-0.1, -0.05) is 41.4 Å². The van der Waals surface area contributed by atoms with Crippen LogP contribution in [0.5, 0.6) is 0 Å². The number of nitrogens with one attached hydrogen (secondary N) is 1. The standard InChI is InChI=1S/C15H17BrClNO/c1-8(2)18-7-13-14(9-3-4-9)11-5-10(16)6-12(17)15(11)19-13/h5-6,8-9,18H,3-4,7H2,1-2H3. The highest BCUT2D eigenvalue weighted by molar-refractivity contribution is 9.10. The number of hydrogen-bond donors (Lipinski definition) is 1. The van der Waals surface area contributed by atoms with E-state index in [2.05, 4.69) is 41.2 Å². The first-order valence-corrected chi connectivity index (χ1v) is 7.87. The van der Waals surface area contributed by atoms with Gasteiger partial charge in [0.05, 0.1) is 11.6 Å². The molecule has 1 aromatic carbocycles. The van der Waals surface area contributed by atoms with Gasteiger partial charge in [0.15, 0.2) is 5.58 Å². The van der Waals surface area contributed by atoms with Crippen molar-refractivity contribution in [3.63, 3.8) is 0 Å². The van der Waals surface area contributed by atoms with Crippen LogP contribution in [0.2, 0.25) is 5.02 Å². The molecule has 2 nitrogen and oxygen atoms in total. The lowest BCUT2D eigenvalue weighted by molar-refractivity contribution is 0.483. The largest absolute Gasteiger partial charge is 0.458 e. The first-order valence-electron chi connectivity index (χ1n) is 6.70. The average Bonchev–Trinajstić information content (AvgIpc) is 3.08. The zero-order valence-corrected chi connectivity index (χ0v) is 13.4. The molecule has 0 saturated heterocycles. The average molecular weight is 343 g/mol. The second-order valence-electron chi connectivity index (χ2n) is 5.51. The van der Waals surface area contributed by atoms with Crippen LogP contribution in [0.1, 0.15) is 43.9 Å². The van der Waals surface area contributed by atoms with Crippen molar-refractivity contribution in [2.45, 2.75) is 45.2 Å². The van der Waals surface area contributed by atoms with Crippen LogP contribution in [0.4, 0.5) is 0 Å². The Bertz CT molecular complexity index is 616. The summed E-state index contributed by atoms with van der Waals surface area (Å²) < 4.78 is 7.03. The molecule has 0 radical (unpaired) electrons. The molecule has 1 fully saturated rings. The number of fused-ring (bicyclic) bond motifs is 1. The van der Waals surface area contributed by atoms with E-state index >= 15 is 0 Å². The van der Waals surface area contributed by atoms with Gasteiger partial charge >= 0.3 is 0 Å². The zero-order chi connectivity index (χ0) is 13.6. The van der Waals surface area contributed by atoms with Crippen molar-refractivity contribution in [1.29, 1.82) is 0 Å². The SMILES string of the molecule is CC(C)NCc1oc2c(Cl)cc(Br)cc2c1C1CC1. The van der Waals surface area contributed by atoms with E-state index in [1.54, 1.807) is 0 Å². The Morgan fingerprint density at radius 3 is 2.79 bits per heavy atom. The van der Waals surface area contributed by atoms with Gasteiger partial charge in [-0.15, -0.1) is 0 Å². The van der Waals surface area contributed by atoms with Gasteiger partial charge in [0.2, 0.25) is 0 Å². The first kappa shape index (κ1) is 13.5. The van der Waals surface area contributed by atoms with Gasteiger partial charge in [-0.05, 0) is 30.9 Å². The Labute approximate surface area is 126 Å². The normalized spacial score (nSPS) is 15.6. The fourth-order valence-electron chi connectivity index (χ4n) is 2.44. The Balaban J connectivity index is 2.10. The van der Waals surface area contributed by atoms with Crippen LogP contribution in [0.15, 0.2) is 21.0 Å². The van der Waals surface area contributed by atoms with Crippen LogP contribution < -0.4 is 5.32 Å². The lowest BCUT2D eigenvalue weighted by Gasteiger charge is -2.07. The van der Waals surface area contributed by atoms with E-state index in [9.17, 15) is 0 Å². The molecular weight excluding hydrogens is 326 g/mol. The van der Waals surface area contributed by atoms with Gasteiger partial charge < -0.3 is 9.73 Å². The molecule has 0 atom stereocenters. The second-order valence-corrected chi connectivity index (χ2v) is 6.84. The fraction of sp³-hybridized carbons (Fsp3) is 0.467. The molecule has 1 N–H and O–H groups in total.